The molecule has 28 heavy (non-hydrogen) atoms. The van der Waals surface area contributed by atoms with E-state index in [4.69, 9.17) is 4.99 Å². The van der Waals surface area contributed by atoms with E-state index < -0.39 is 0 Å². The van der Waals surface area contributed by atoms with Crippen molar-refractivity contribution < 1.29 is 4.79 Å². The molecule has 0 spiro atoms. The number of halogens is 1. The van der Waals surface area contributed by atoms with Crippen molar-refractivity contribution in [2.75, 3.05) is 33.2 Å². The number of likely N-dealkylation sites (tertiary alicyclic amines) is 1. The van der Waals surface area contributed by atoms with Crippen molar-refractivity contribution in [3.8, 4) is 0 Å². The van der Waals surface area contributed by atoms with E-state index >= 15 is 0 Å². The lowest BCUT2D eigenvalue weighted by molar-refractivity contribution is 0.0963. The molecule has 0 aliphatic carbocycles. The summed E-state index contributed by atoms with van der Waals surface area (Å²) in [6, 6.07) is 8.73. The summed E-state index contributed by atoms with van der Waals surface area (Å²) in [5, 5.41) is 9.63. The summed E-state index contributed by atoms with van der Waals surface area (Å²) in [5.41, 5.74) is 1.81. The van der Waals surface area contributed by atoms with Crippen LogP contribution < -0.4 is 16.0 Å². The van der Waals surface area contributed by atoms with Crippen molar-refractivity contribution in [3.63, 3.8) is 0 Å². The number of rotatable bonds is 7. The summed E-state index contributed by atoms with van der Waals surface area (Å²) in [6.45, 7) is 12.6. The van der Waals surface area contributed by atoms with Crippen molar-refractivity contribution in [2.45, 2.75) is 46.2 Å². The van der Waals surface area contributed by atoms with Crippen LogP contribution in [0.5, 0.6) is 0 Å². The van der Waals surface area contributed by atoms with Crippen molar-refractivity contribution in [3.05, 3.63) is 35.4 Å². The molecule has 1 aliphatic rings. The summed E-state index contributed by atoms with van der Waals surface area (Å²) in [6.07, 6.45) is 0.805. The summed E-state index contributed by atoms with van der Waals surface area (Å²) in [4.78, 5) is 19.0. The largest absolute Gasteiger partial charge is 0.357 e. The highest BCUT2D eigenvalue weighted by Gasteiger charge is 2.31. The molecule has 1 aromatic rings. The van der Waals surface area contributed by atoms with Gasteiger partial charge in [0.1, 0.15) is 0 Å². The molecule has 3 N–H and O–H groups in total. The summed E-state index contributed by atoms with van der Waals surface area (Å²) in [5.74, 6) is 1.42. The van der Waals surface area contributed by atoms with Gasteiger partial charge in [-0.15, -0.1) is 24.0 Å². The smallest absolute Gasteiger partial charge is 0.251 e. The number of benzene rings is 1. The molecule has 1 amide bonds. The fourth-order valence-electron chi connectivity index (χ4n) is 3.42. The minimum atomic E-state index is -0.0553. The summed E-state index contributed by atoms with van der Waals surface area (Å²) < 4.78 is 0. The Morgan fingerprint density at radius 3 is 2.68 bits per heavy atom. The maximum absolute atomic E-state index is 11.8. The van der Waals surface area contributed by atoms with Gasteiger partial charge < -0.3 is 16.0 Å². The van der Waals surface area contributed by atoms with Gasteiger partial charge in [0.25, 0.3) is 5.91 Å². The zero-order chi connectivity index (χ0) is 19.8. The molecule has 2 rings (SSSR count). The molecule has 6 nitrogen and oxygen atoms in total. The van der Waals surface area contributed by atoms with Crippen LogP contribution in [0.15, 0.2) is 29.3 Å². The molecule has 2 atom stereocenters. The highest BCUT2D eigenvalue weighted by atomic mass is 127. The predicted octanol–water partition coefficient (Wildman–Crippen LogP) is 2.49. The van der Waals surface area contributed by atoms with Gasteiger partial charge in [-0.2, -0.15) is 0 Å². The summed E-state index contributed by atoms with van der Waals surface area (Å²) >= 11 is 0. The van der Waals surface area contributed by atoms with Crippen LogP contribution >= 0.6 is 24.0 Å². The Morgan fingerprint density at radius 2 is 2.07 bits per heavy atom. The van der Waals surface area contributed by atoms with Crippen LogP contribution in [-0.2, 0) is 6.42 Å². The third-order valence-corrected chi connectivity index (χ3v) is 5.12. The molecule has 0 aromatic heterocycles. The monoisotopic (exact) mass is 501 g/mol. The first-order chi connectivity index (χ1) is 12.9. The second-order valence-electron chi connectivity index (χ2n) is 7.57. The highest BCUT2D eigenvalue weighted by Crippen LogP contribution is 2.18. The van der Waals surface area contributed by atoms with E-state index in [1.165, 1.54) is 0 Å². The fraction of sp³-hybridized carbons (Fsp3) is 0.619. The quantitative estimate of drug-likeness (QED) is 0.305. The van der Waals surface area contributed by atoms with Gasteiger partial charge in [-0.3, -0.25) is 14.7 Å². The maximum Gasteiger partial charge on any atom is 0.251 e. The number of hydrogen-bond donors (Lipinski definition) is 3. The zero-order valence-corrected chi connectivity index (χ0v) is 20.1. The summed E-state index contributed by atoms with van der Waals surface area (Å²) in [7, 11) is 1.65. The number of hydrogen-bond acceptors (Lipinski definition) is 3. The van der Waals surface area contributed by atoms with E-state index in [9.17, 15) is 4.79 Å². The van der Waals surface area contributed by atoms with Gasteiger partial charge >= 0.3 is 0 Å². The van der Waals surface area contributed by atoms with E-state index in [0.29, 0.717) is 30.1 Å². The van der Waals surface area contributed by atoms with Gasteiger partial charge in [0.05, 0.1) is 0 Å². The maximum atomic E-state index is 11.8. The molecule has 7 heteroatoms. The van der Waals surface area contributed by atoms with E-state index in [0.717, 1.165) is 37.6 Å². The Labute approximate surface area is 187 Å². The van der Waals surface area contributed by atoms with Crippen molar-refractivity contribution in [1.82, 2.24) is 20.9 Å². The van der Waals surface area contributed by atoms with E-state index in [-0.39, 0.29) is 29.9 Å². The topological polar surface area (TPSA) is 68.8 Å². The Bertz CT molecular complexity index is 649. The van der Waals surface area contributed by atoms with Gasteiger partial charge in [-0.05, 0) is 50.8 Å². The molecular formula is C21H36IN5O. The first-order valence-corrected chi connectivity index (χ1v) is 10.0. The Hall–Kier alpha value is -1.35. The predicted molar refractivity (Wildman–Crippen MR) is 128 cm³/mol. The standard InChI is InChI=1S/C21H35N5O.HI/c1-6-23-21(25-19-14-26(15(2)3)13-16(19)4)24-11-10-17-8-7-9-18(12-17)20(27)22-5;/h7-9,12,15-16,19H,6,10-11,13-14H2,1-5H3,(H,22,27)(H2,23,24,25);1H. The molecule has 1 saturated heterocycles. The molecule has 0 radical (unpaired) electrons. The van der Waals surface area contributed by atoms with E-state index in [2.05, 4.69) is 48.5 Å². The number of carbonyl (C=O) groups is 1. The van der Waals surface area contributed by atoms with Gasteiger partial charge in [-0.1, -0.05) is 19.1 Å². The molecule has 1 fully saturated rings. The molecule has 1 aliphatic heterocycles. The molecule has 0 bridgehead atoms. The van der Waals surface area contributed by atoms with Gasteiger partial charge in [-0.25, -0.2) is 0 Å². The van der Waals surface area contributed by atoms with E-state index in [1.807, 2.05) is 24.3 Å². The molecular weight excluding hydrogens is 465 g/mol. The number of amides is 1. The minimum absolute atomic E-state index is 0. The number of nitrogens with one attached hydrogen (secondary N) is 3. The zero-order valence-electron chi connectivity index (χ0n) is 17.8. The first-order valence-electron chi connectivity index (χ1n) is 10.0. The third-order valence-electron chi connectivity index (χ3n) is 5.12. The lowest BCUT2D eigenvalue weighted by Crippen LogP contribution is -2.46. The van der Waals surface area contributed by atoms with Crippen molar-refractivity contribution in [2.24, 2.45) is 10.9 Å². The first kappa shape index (κ1) is 24.7. The van der Waals surface area contributed by atoms with Crippen molar-refractivity contribution >= 4 is 35.8 Å². The van der Waals surface area contributed by atoms with Crippen LogP contribution in [0.1, 0.15) is 43.6 Å². The fourth-order valence-corrected chi connectivity index (χ4v) is 3.42. The normalized spacial score (nSPS) is 20.0. The lowest BCUT2D eigenvalue weighted by Gasteiger charge is -2.22. The van der Waals surface area contributed by atoms with Crippen LogP contribution in [0, 0.1) is 5.92 Å². The number of aliphatic imine (C=N–C) groups is 1. The van der Waals surface area contributed by atoms with Gasteiger partial charge in [0.15, 0.2) is 5.96 Å². The molecule has 1 aromatic carbocycles. The van der Waals surface area contributed by atoms with Crippen LogP contribution in [0.3, 0.4) is 0 Å². The number of guanidine groups is 1. The van der Waals surface area contributed by atoms with Gasteiger partial charge in [0, 0.05) is 50.9 Å². The molecule has 2 unspecified atom stereocenters. The van der Waals surface area contributed by atoms with Crippen molar-refractivity contribution in [1.29, 1.82) is 0 Å². The number of carbonyl (C=O) groups excluding carboxylic acids is 1. The Balaban J connectivity index is 0.00000392. The number of nitrogens with zero attached hydrogens (tertiary/aromatic N) is 2. The Morgan fingerprint density at radius 1 is 1.32 bits per heavy atom. The lowest BCUT2D eigenvalue weighted by atomic mass is 10.1. The highest BCUT2D eigenvalue weighted by molar-refractivity contribution is 14.0. The average molecular weight is 501 g/mol. The molecule has 158 valence electrons. The van der Waals surface area contributed by atoms with Crippen LogP contribution in [0.25, 0.3) is 0 Å². The van der Waals surface area contributed by atoms with Crippen LogP contribution in [-0.4, -0.2) is 62.1 Å². The average Bonchev–Trinajstić information content (AvgIpc) is 3.02. The second-order valence-corrected chi connectivity index (χ2v) is 7.57. The minimum Gasteiger partial charge on any atom is -0.357 e. The van der Waals surface area contributed by atoms with Crippen LogP contribution in [0.2, 0.25) is 0 Å². The molecule has 1 heterocycles. The SMILES string of the molecule is CCNC(=NCCc1cccc(C(=O)NC)c1)NC1CN(C(C)C)CC1C.I. The van der Waals surface area contributed by atoms with Gasteiger partial charge in [0.2, 0.25) is 0 Å². The van der Waals surface area contributed by atoms with E-state index in [1.54, 1.807) is 7.05 Å². The third kappa shape index (κ3) is 7.24. The second kappa shape index (κ2) is 12.3. The Kier molecular flexibility index (Phi) is 10.8. The van der Waals surface area contributed by atoms with Crippen LogP contribution in [0.4, 0.5) is 0 Å². The molecule has 0 saturated carbocycles.